The number of likely N-dealkylation sites (tertiary alicyclic amines) is 1. The Morgan fingerprint density at radius 3 is 2.59 bits per heavy atom. The van der Waals surface area contributed by atoms with E-state index in [9.17, 15) is 4.79 Å². The molecule has 7 nitrogen and oxygen atoms in total. The SMILES string of the molecule is Cc1cnccc1OC1CCN(C(C)C(=O)Nc2c(C)nn(C)c2C)CC1. The van der Waals surface area contributed by atoms with Gasteiger partial charge in [0.25, 0.3) is 0 Å². The Labute approximate surface area is 160 Å². The van der Waals surface area contributed by atoms with Gasteiger partial charge in [-0.2, -0.15) is 5.10 Å². The summed E-state index contributed by atoms with van der Waals surface area (Å²) in [7, 11) is 1.89. The molecular formula is C20H29N5O2. The zero-order valence-electron chi connectivity index (χ0n) is 16.8. The Kier molecular flexibility index (Phi) is 5.79. The predicted octanol–water partition coefficient (Wildman–Crippen LogP) is 2.61. The van der Waals surface area contributed by atoms with E-state index < -0.39 is 0 Å². The van der Waals surface area contributed by atoms with Gasteiger partial charge in [-0.1, -0.05) is 0 Å². The van der Waals surface area contributed by atoms with Crippen molar-refractivity contribution in [3.8, 4) is 5.75 Å². The number of piperidine rings is 1. The lowest BCUT2D eigenvalue weighted by Gasteiger charge is -2.35. The number of carbonyl (C=O) groups is 1. The molecular weight excluding hydrogens is 342 g/mol. The van der Waals surface area contributed by atoms with Crippen molar-refractivity contribution in [1.29, 1.82) is 0 Å². The molecule has 7 heteroatoms. The molecule has 1 aliphatic rings. The van der Waals surface area contributed by atoms with Gasteiger partial charge >= 0.3 is 0 Å². The zero-order valence-corrected chi connectivity index (χ0v) is 16.8. The number of ether oxygens (including phenoxy) is 1. The van der Waals surface area contributed by atoms with E-state index in [1.54, 1.807) is 10.9 Å². The Morgan fingerprint density at radius 1 is 1.30 bits per heavy atom. The van der Waals surface area contributed by atoms with Crippen LogP contribution in [0.5, 0.6) is 5.75 Å². The van der Waals surface area contributed by atoms with Crippen molar-refractivity contribution >= 4 is 11.6 Å². The maximum Gasteiger partial charge on any atom is 0.241 e. The van der Waals surface area contributed by atoms with Crippen LogP contribution in [0.3, 0.4) is 0 Å². The molecule has 2 aromatic rings. The smallest absolute Gasteiger partial charge is 0.241 e. The second-order valence-corrected chi connectivity index (χ2v) is 7.33. The number of anilines is 1. The van der Waals surface area contributed by atoms with Crippen molar-refractivity contribution < 1.29 is 9.53 Å². The van der Waals surface area contributed by atoms with Gasteiger partial charge < -0.3 is 10.1 Å². The maximum atomic E-state index is 12.7. The van der Waals surface area contributed by atoms with Gasteiger partial charge in [0, 0.05) is 38.1 Å². The van der Waals surface area contributed by atoms with E-state index >= 15 is 0 Å². The summed E-state index contributed by atoms with van der Waals surface area (Å²) in [5.74, 6) is 0.912. The number of nitrogens with zero attached hydrogens (tertiary/aromatic N) is 4. The summed E-state index contributed by atoms with van der Waals surface area (Å²) in [6.45, 7) is 9.53. The normalized spacial score (nSPS) is 16.9. The fourth-order valence-corrected chi connectivity index (χ4v) is 3.50. The van der Waals surface area contributed by atoms with Gasteiger partial charge in [0.05, 0.1) is 23.1 Å². The molecule has 27 heavy (non-hydrogen) atoms. The Hall–Kier alpha value is -2.41. The summed E-state index contributed by atoms with van der Waals surface area (Å²) in [6.07, 6.45) is 5.57. The first-order chi connectivity index (χ1) is 12.9. The van der Waals surface area contributed by atoms with Gasteiger partial charge in [-0.15, -0.1) is 0 Å². The fourth-order valence-electron chi connectivity index (χ4n) is 3.50. The van der Waals surface area contributed by atoms with Crippen LogP contribution in [-0.4, -0.2) is 50.8 Å². The molecule has 0 aliphatic carbocycles. The lowest BCUT2D eigenvalue weighted by atomic mass is 10.1. The molecule has 0 radical (unpaired) electrons. The molecule has 3 rings (SSSR count). The van der Waals surface area contributed by atoms with Crippen LogP contribution in [0.1, 0.15) is 36.7 Å². The first-order valence-electron chi connectivity index (χ1n) is 9.49. The van der Waals surface area contributed by atoms with E-state index in [2.05, 4.69) is 20.3 Å². The van der Waals surface area contributed by atoms with Crippen molar-refractivity contribution in [2.75, 3.05) is 18.4 Å². The predicted molar refractivity (Wildman–Crippen MR) is 105 cm³/mol. The first-order valence-corrected chi connectivity index (χ1v) is 9.49. The molecule has 1 N–H and O–H groups in total. The van der Waals surface area contributed by atoms with Crippen molar-refractivity contribution in [1.82, 2.24) is 19.7 Å². The van der Waals surface area contributed by atoms with Gasteiger partial charge in [-0.05, 0) is 46.6 Å². The average molecular weight is 371 g/mol. The van der Waals surface area contributed by atoms with E-state index in [0.29, 0.717) is 0 Å². The highest BCUT2D eigenvalue weighted by Crippen LogP contribution is 2.23. The number of hydrogen-bond acceptors (Lipinski definition) is 5. The van der Waals surface area contributed by atoms with Crippen molar-refractivity contribution in [2.45, 2.75) is 52.7 Å². The molecule has 1 aliphatic heterocycles. The third kappa shape index (κ3) is 4.30. The lowest BCUT2D eigenvalue weighted by molar-refractivity contribution is -0.121. The number of rotatable bonds is 5. The molecule has 1 atom stereocenters. The quantitative estimate of drug-likeness (QED) is 0.875. The summed E-state index contributed by atoms with van der Waals surface area (Å²) in [4.78, 5) is 19.0. The van der Waals surface area contributed by atoms with Crippen molar-refractivity contribution in [2.24, 2.45) is 7.05 Å². The number of nitrogens with one attached hydrogen (secondary N) is 1. The fraction of sp³-hybridized carbons (Fsp3) is 0.550. The van der Waals surface area contributed by atoms with Crippen molar-refractivity contribution in [3.05, 3.63) is 35.4 Å². The Balaban J connectivity index is 1.54. The zero-order chi connectivity index (χ0) is 19.6. The molecule has 1 saturated heterocycles. The minimum absolute atomic E-state index is 0.0125. The number of carbonyl (C=O) groups excluding carboxylic acids is 1. The van der Waals surface area contributed by atoms with Crippen LogP contribution in [0.15, 0.2) is 18.5 Å². The molecule has 2 aromatic heterocycles. The van der Waals surface area contributed by atoms with Crippen LogP contribution in [0.2, 0.25) is 0 Å². The van der Waals surface area contributed by atoms with Crippen LogP contribution in [0.25, 0.3) is 0 Å². The third-order valence-electron chi connectivity index (χ3n) is 5.42. The van der Waals surface area contributed by atoms with E-state index in [1.165, 1.54) is 0 Å². The number of hydrogen-bond donors (Lipinski definition) is 1. The molecule has 146 valence electrons. The molecule has 1 fully saturated rings. The molecule has 0 saturated carbocycles. The minimum Gasteiger partial charge on any atom is -0.490 e. The molecule has 3 heterocycles. The molecule has 0 spiro atoms. The summed E-state index contributed by atoms with van der Waals surface area (Å²) in [6, 6.07) is 1.73. The average Bonchev–Trinajstić information content (AvgIpc) is 2.89. The highest BCUT2D eigenvalue weighted by Gasteiger charge is 2.28. The molecule has 0 bridgehead atoms. The number of amides is 1. The highest BCUT2D eigenvalue weighted by molar-refractivity contribution is 5.95. The van der Waals surface area contributed by atoms with Crippen LogP contribution in [0.4, 0.5) is 5.69 Å². The first kappa shape index (κ1) is 19.4. The van der Waals surface area contributed by atoms with E-state index in [4.69, 9.17) is 4.74 Å². The van der Waals surface area contributed by atoms with Gasteiger partial charge in [0.1, 0.15) is 11.9 Å². The number of pyridine rings is 1. The second-order valence-electron chi connectivity index (χ2n) is 7.33. The van der Waals surface area contributed by atoms with Crippen LogP contribution >= 0.6 is 0 Å². The van der Waals surface area contributed by atoms with E-state index in [0.717, 1.165) is 54.3 Å². The number of aromatic nitrogens is 3. The molecule has 1 unspecified atom stereocenters. The van der Waals surface area contributed by atoms with E-state index in [-0.39, 0.29) is 18.1 Å². The molecule has 0 aromatic carbocycles. The summed E-state index contributed by atoms with van der Waals surface area (Å²) in [5, 5.41) is 7.41. The Bertz CT molecular complexity index is 809. The standard InChI is InChI=1S/C20H29N5O2/c1-13-12-21-9-6-18(13)27-17-7-10-25(11-8-17)16(4)20(26)22-19-14(2)23-24(5)15(19)3/h6,9,12,16-17H,7-8,10-11H2,1-5H3,(H,22,26). The monoisotopic (exact) mass is 371 g/mol. The molecule has 1 amide bonds. The van der Waals surface area contributed by atoms with E-state index in [1.807, 2.05) is 47.0 Å². The summed E-state index contributed by atoms with van der Waals surface area (Å²) < 4.78 is 7.92. The largest absolute Gasteiger partial charge is 0.490 e. The van der Waals surface area contributed by atoms with Crippen LogP contribution < -0.4 is 10.1 Å². The van der Waals surface area contributed by atoms with Crippen LogP contribution in [0, 0.1) is 20.8 Å². The topological polar surface area (TPSA) is 72.3 Å². The summed E-state index contributed by atoms with van der Waals surface area (Å²) in [5.41, 5.74) is 3.68. The maximum absolute atomic E-state index is 12.7. The minimum atomic E-state index is -0.187. The number of aryl methyl sites for hydroxylation is 3. The van der Waals surface area contributed by atoms with Crippen molar-refractivity contribution in [3.63, 3.8) is 0 Å². The van der Waals surface area contributed by atoms with Gasteiger partial charge in [-0.25, -0.2) is 0 Å². The van der Waals surface area contributed by atoms with Gasteiger partial charge in [0.15, 0.2) is 0 Å². The summed E-state index contributed by atoms with van der Waals surface area (Å²) >= 11 is 0. The van der Waals surface area contributed by atoms with Crippen LogP contribution in [-0.2, 0) is 11.8 Å². The second kappa shape index (κ2) is 8.08. The van der Waals surface area contributed by atoms with Gasteiger partial charge in [-0.3, -0.25) is 19.4 Å². The third-order valence-corrected chi connectivity index (χ3v) is 5.42. The highest BCUT2D eigenvalue weighted by atomic mass is 16.5. The Morgan fingerprint density at radius 2 is 2.00 bits per heavy atom. The van der Waals surface area contributed by atoms with Gasteiger partial charge in [0.2, 0.25) is 5.91 Å². The lowest BCUT2D eigenvalue weighted by Crippen LogP contribution is -2.48.